The molecular weight excluding hydrogens is 371 g/mol. The highest BCUT2D eigenvalue weighted by atomic mass is 79.9. The number of sulfonamides is 1. The minimum Gasteiger partial charge on any atom is -0.207 e. The molecule has 1 aromatic carbocycles. The van der Waals surface area contributed by atoms with Crippen LogP contribution in [-0.4, -0.2) is 19.3 Å². The maximum atomic E-state index is 12.5. The van der Waals surface area contributed by atoms with Crippen LogP contribution >= 0.6 is 15.9 Å². The molecule has 0 saturated heterocycles. The van der Waals surface area contributed by atoms with Crippen molar-refractivity contribution in [2.45, 2.75) is 48.6 Å². The van der Waals surface area contributed by atoms with E-state index in [1.54, 1.807) is 0 Å². The van der Waals surface area contributed by atoms with Crippen LogP contribution in [0.5, 0.6) is 0 Å². The highest BCUT2D eigenvalue weighted by Gasteiger charge is 2.31. The van der Waals surface area contributed by atoms with Crippen molar-refractivity contribution in [2.75, 3.05) is 0 Å². The lowest BCUT2D eigenvalue weighted by molar-refractivity contribution is -0.137. The second kappa shape index (κ2) is 7.11. The van der Waals surface area contributed by atoms with Gasteiger partial charge in [0.25, 0.3) is 0 Å². The van der Waals surface area contributed by atoms with Crippen LogP contribution in [0.3, 0.4) is 0 Å². The zero-order chi connectivity index (χ0) is 16.3. The van der Waals surface area contributed by atoms with Gasteiger partial charge < -0.3 is 0 Å². The van der Waals surface area contributed by atoms with Crippen molar-refractivity contribution in [1.29, 1.82) is 0 Å². The Kier molecular flexibility index (Phi) is 6.24. The molecule has 0 aliphatic rings. The monoisotopic (exact) mass is 387 g/mol. The van der Waals surface area contributed by atoms with Crippen LogP contribution in [0, 0.1) is 0 Å². The molecule has 120 valence electrons. The molecule has 1 aromatic rings. The van der Waals surface area contributed by atoms with Gasteiger partial charge in [-0.1, -0.05) is 29.8 Å². The summed E-state index contributed by atoms with van der Waals surface area (Å²) in [6.45, 7) is 3.75. The summed E-state index contributed by atoms with van der Waals surface area (Å²) in [5.74, 6) is 0. The standard InChI is InChI=1S/C13H17BrF3NO2S/c1-3-11(14)12(4-2)18-21(19,20)10-7-5-9(6-8-10)13(15,16)17/h5-8,11-12,18H,3-4H2,1-2H3/t11-,12+/m0/s1. The molecule has 0 amide bonds. The molecule has 8 heteroatoms. The van der Waals surface area contributed by atoms with E-state index in [1.807, 2.05) is 13.8 Å². The molecule has 0 bridgehead atoms. The summed E-state index contributed by atoms with van der Waals surface area (Å²) in [6.07, 6.45) is -3.18. The Morgan fingerprint density at radius 1 is 1.14 bits per heavy atom. The molecule has 1 N–H and O–H groups in total. The van der Waals surface area contributed by atoms with Crippen molar-refractivity contribution < 1.29 is 21.6 Å². The van der Waals surface area contributed by atoms with Crippen LogP contribution in [0.25, 0.3) is 0 Å². The summed E-state index contributed by atoms with van der Waals surface area (Å²) < 4.78 is 64.2. The van der Waals surface area contributed by atoms with Gasteiger partial charge in [-0.15, -0.1) is 0 Å². The number of hydrogen-bond acceptors (Lipinski definition) is 2. The summed E-state index contributed by atoms with van der Waals surface area (Å²) >= 11 is 3.39. The zero-order valence-electron chi connectivity index (χ0n) is 11.6. The number of alkyl halides is 4. The Labute approximate surface area is 131 Å². The van der Waals surface area contributed by atoms with Crippen LogP contribution < -0.4 is 4.72 Å². The summed E-state index contributed by atoms with van der Waals surface area (Å²) in [4.78, 5) is -0.212. The summed E-state index contributed by atoms with van der Waals surface area (Å²) in [6, 6.07) is 3.14. The van der Waals surface area contributed by atoms with Crippen LogP contribution in [0.2, 0.25) is 0 Å². The van der Waals surface area contributed by atoms with Gasteiger partial charge in [-0.05, 0) is 37.1 Å². The van der Waals surface area contributed by atoms with Crippen LogP contribution in [0.4, 0.5) is 13.2 Å². The molecule has 0 aliphatic heterocycles. The third kappa shape index (κ3) is 4.96. The van der Waals surface area contributed by atoms with Gasteiger partial charge in [0, 0.05) is 10.9 Å². The first-order chi connectivity index (χ1) is 9.61. The first kappa shape index (κ1) is 18.4. The van der Waals surface area contributed by atoms with Crippen LogP contribution in [0.1, 0.15) is 32.3 Å². The predicted molar refractivity (Wildman–Crippen MR) is 78.9 cm³/mol. The SMILES string of the molecule is CC[C@H](Br)[C@@H](CC)NS(=O)(=O)c1ccc(C(F)(F)F)cc1. The van der Waals surface area contributed by atoms with E-state index < -0.39 is 21.8 Å². The van der Waals surface area contributed by atoms with Gasteiger partial charge in [-0.25, -0.2) is 13.1 Å². The van der Waals surface area contributed by atoms with E-state index in [-0.39, 0.29) is 15.8 Å². The zero-order valence-corrected chi connectivity index (χ0v) is 14.0. The largest absolute Gasteiger partial charge is 0.416 e. The van der Waals surface area contributed by atoms with E-state index in [0.717, 1.165) is 30.7 Å². The van der Waals surface area contributed by atoms with Gasteiger partial charge in [0.2, 0.25) is 10.0 Å². The summed E-state index contributed by atoms with van der Waals surface area (Å²) in [5, 5.41) is 0. The molecule has 0 aliphatic carbocycles. The molecule has 0 unspecified atom stereocenters. The lowest BCUT2D eigenvalue weighted by Gasteiger charge is -2.21. The van der Waals surface area contributed by atoms with E-state index in [9.17, 15) is 21.6 Å². The van der Waals surface area contributed by atoms with Gasteiger partial charge in [-0.2, -0.15) is 13.2 Å². The maximum absolute atomic E-state index is 12.5. The fraction of sp³-hybridized carbons (Fsp3) is 0.538. The number of hydrogen-bond donors (Lipinski definition) is 1. The minimum absolute atomic E-state index is 0.0354. The van der Waals surface area contributed by atoms with Crippen molar-refractivity contribution in [3.8, 4) is 0 Å². The van der Waals surface area contributed by atoms with Crippen molar-refractivity contribution in [2.24, 2.45) is 0 Å². The third-order valence-electron chi connectivity index (χ3n) is 3.06. The Morgan fingerprint density at radius 3 is 2.05 bits per heavy atom. The lowest BCUT2D eigenvalue weighted by atomic mass is 10.1. The molecule has 2 atom stereocenters. The average Bonchev–Trinajstić information content (AvgIpc) is 2.43. The highest BCUT2D eigenvalue weighted by Crippen LogP contribution is 2.29. The Morgan fingerprint density at radius 2 is 1.67 bits per heavy atom. The Balaban J connectivity index is 2.98. The second-order valence-corrected chi connectivity index (χ2v) is 7.47. The normalized spacial score (nSPS) is 15.7. The number of nitrogens with one attached hydrogen (secondary N) is 1. The van der Waals surface area contributed by atoms with Gasteiger partial charge in [-0.3, -0.25) is 0 Å². The predicted octanol–water partition coefficient (Wildman–Crippen LogP) is 3.94. The van der Waals surface area contributed by atoms with Crippen molar-refractivity contribution in [3.63, 3.8) is 0 Å². The van der Waals surface area contributed by atoms with E-state index >= 15 is 0 Å². The van der Waals surface area contributed by atoms with Crippen LogP contribution in [0.15, 0.2) is 29.2 Å². The van der Waals surface area contributed by atoms with Crippen molar-refractivity contribution in [3.05, 3.63) is 29.8 Å². The smallest absolute Gasteiger partial charge is 0.207 e. The van der Waals surface area contributed by atoms with Gasteiger partial charge >= 0.3 is 6.18 Å². The molecule has 21 heavy (non-hydrogen) atoms. The Hall–Kier alpha value is -0.600. The minimum atomic E-state index is -4.48. The second-order valence-electron chi connectivity index (χ2n) is 4.58. The molecule has 0 radical (unpaired) electrons. The molecule has 0 aromatic heterocycles. The summed E-state index contributed by atoms with van der Waals surface area (Å²) in [7, 11) is -3.84. The number of benzene rings is 1. The average molecular weight is 388 g/mol. The van der Waals surface area contributed by atoms with Gasteiger partial charge in [0.1, 0.15) is 0 Å². The quantitative estimate of drug-likeness (QED) is 0.751. The molecule has 0 fully saturated rings. The first-order valence-corrected chi connectivity index (χ1v) is 8.85. The molecular formula is C13H17BrF3NO2S. The molecule has 0 spiro atoms. The van der Waals surface area contributed by atoms with Gasteiger partial charge in [0.05, 0.1) is 10.5 Å². The molecule has 0 saturated carbocycles. The number of halogens is 4. The Bertz CT molecular complexity index is 558. The lowest BCUT2D eigenvalue weighted by Crippen LogP contribution is -2.40. The third-order valence-corrected chi connectivity index (χ3v) is 5.86. The molecule has 3 nitrogen and oxygen atoms in total. The van der Waals surface area contributed by atoms with Crippen LogP contribution in [-0.2, 0) is 16.2 Å². The maximum Gasteiger partial charge on any atom is 0.416 e. The van der Waals surface area contributed by atoms with Gasteiger partial charge in [0.15, 0.2) is 0 Å². The van der Waals surface area contributed by atoms with E-state index in [0.29, 0.717) is 6.42 Å². The fourth-order valence-corrected chi connectivity index (χ4v) is 3.83. The van der Waals surface area contributed by atoms with E-state index in [2.05, 4.69) is 20.7 Å². The van der Waals surface area contributed by atoms with Crippen molar-refractivity contribution >= 4 is 26.0 Å². The summed E-state index contributed by atoms with van der Waals surface area (Å²) in [5.41, 5.74) is -0.875. The first-order valence-electron chi connectivity index (χ1n) is 6.45. The fourth-order valence-electron chi connectivity index (χ4n) is 1.79. The highest BCUT2D eigenvalue weighted by molar-refractivity contribution is 9.09. The molecule has 0 heterocycles. The topological polar surface area (TPSA) is 46.2 Å². The van der Waals surface area contributed by atoms with E-state index in [4.69, 9.17) is 0 Å². The van der Waals surface area contributed by atoms with E-state index in [1.165, 1.54) is 0 Å². The molecule has 1 rings (SSSR count). The number of rotatable bonds is 6. The van der Waals surface area contributed by atoms with Crippen molar-refractivity contribution in [1.82, 2.24) is 4.72 Å².